The minimum atomic E-state index is -1.29. The number of carbonyl (C=O) groups is 4. The summed E-state index contributed by atoms with van der Waals surface area (Å²) in [5.74, 6) is -6.51. The molecule has 0 saturated carbocycles. The van der Waals surface area contributed by atoms with Crippen molar-refractivity contribution in [3.8, 4) is 11.5 Å². The van der Waals surface area contributed by atoms with Crippen LogP contribution in [0.2, 0.25) is 0 Å². The normalized spacial score (nSPS) is 10.3. The van der Waals surface area contributed by atoms with Crippen molar-refractivity contribution in [1.29, 1.82) is 0 Å². The molecule has 2 heterocycles. The average Bonchev–Trinajstić information content (AvgIpc) is 3.13. The number of aromatic nitrogens is 2. The summed E-state index contributed by atoms with van der Waals surface area (Å²) in [4.78, 5) is 54.7. The molecule has 0 aliphatic rings. The maximum Gasteiger partial charge on any atom is 1.00 e. The smallest absolute Gasteiger partial charge is 0.870 e. The summed E-state index contributed by atoms with van der Waals surface area (Å²) >= 11 is 0. The van der Waals surface area contributed by atoms with E-state index in [-0.39, 0.29) is 115 Å². The average molecular weight is 755 g/mol. The number of rotatable bonds is 8. The Kier molecular flexibility index (Phi) is 15.2. The van der Waals surface area contributed by atoms with Crippen molar-refractivity contribution in [3.63, 3.8) is 0 Å². The fraction of sp³-hybridized carbons (Fsp3) is 0.105. The number of hydrogen-bond donors (Lipinski definition) is 2. The molecule has 6 aromatic rings. The number of nitrogens with zero attached hydrogens (tertiary/aromatic N) is 2. The Morgan fingerprint density at radius 2 is 0.907 bits per heavy atom. The van der Waals surface area contributed by atoms with Crippen molar-refractivity contribution in [2.24, 2.45) is 0 Å². The van der Waals surface area contributed by atoms with Gasteiger partial charge in [-0.1, -0.05) is 35.8 Å². The predicted molar refractivity (Wildman–Crippen MR) is 177 cm³/mol. The van der Waals surface area contributed by atoms with Gasteiger partial charge in [0.15, 0.2) is 0 Å². The Bertz CT molecular complexity index is 2210. The van der Waals surface area contributed by atoms with E-state index in [1.54, 1.807) is 24.3 Å². The van der Waals surface area contributed by atoms with Crippen LogP contribution in [0.25, 0.3) is 21.8 Å². The van der Waals surface area contributed by atoms with Gasteiger partial charge in [0.05, 0.1) is 47.5 Å². The monoisotopic (exact) mass is 754 g/mol. The van der Waals surface area contributed by atoms with Crippen LogP contribution < -0.4 is 69.3 Å². The van der Waals surface area contributed by atoms with E-state index in [0.29, 0.717) is 24.0 Å². The second-order valence-electron chi connectivity index (χ2n) is 11.3. The van der Waals surface area contributed by atoms with Crippen LogP contribution in [-0.2, 0) is 22.3 Å². The van der Waals surface area contributed by atoms with Crippen LogP contribution in [0.15, 0.2) is 85.2 Å². The molecule has 16 heteroatoms. The summed E-state index contributed by atoms with van der Waals surface area (Å²) in [6.07, 6.45) is 3.63. The van der Waals surface area contributed by atoms with E-state index in [2.05, 4.69) is 19.4 Å². The Labute approximate surface area is 350 Å². The van der Waals surface area contributed by atoms with Gasteiger partial charge in [0.1, 0.15) is 11.6 Å². The standard InChI is InChI=1S/2C19H14FNO5.2Na/c2*1-26-19(25)15-8-14(18(23)24)13-7-11(9-21-16(13)17(15)22)6-10-2-4-12(20)5-3-10;;/h2*2-5,7-9,22H,6H2,1H3,(H,23,24);;/q;;2*+1/p-2. The van der Waals surface area contributed by atoms with E-state index in [0.717, 1.165) is 37.5 Å². The number of fused-ring (bicyclic) bond motifs is 2. The molecule has 4 aromatic carbocycles. The Morgan fingerprint density at radius 1 is 0.574 bits per heavy atom. The Balaban J connectivity index is 0.000000280. The number of halogens is 2. The van der Waals surface area contributed by atoms with Crippen molar-refractivity contribution in [2.45, 2.75) is 12.8 Å². The van der Waals surface area contributed by atoms with E-state index >= 15 is 0 Å². The molecule has 0 fully saturated rings. The van der Waals surface area contributed by atoms with E-state index in [9.17, 15) is 48.4 Å². The van der Waals surface area contributed by atoms with E-state index < -0.39 is 35.4 Å². The maximum absolute atomic E-state index is 13.0. The zero-order chi connectivity index (χ0) is 37.7. The van der Waals surface area contributed by atoms with Crippen LogP contribution in [0.3, 0.4) is 0 Å². The van der Waals surface area contributed by atoms with Gasteiger partial charge in [0.25, 0.3) is 0 Å². The number of esters is 2. The van der Waals surface area contributed by atoms with Gasteiger partial charge < -0.3 is 29.9 Å². The first-order chi connectivity index (χ1) is 24.8. The first-order valence-electron chi connectivity index (χ1n) is 15.2. The maximum atomic E-state index is 13.0. The molecule has 12 nitrogen and oxygen atoms in total. The molecule has 0 aliphatic carbocycles. The quantitative estimate of drug-likeness (QED) is 0.143. The summed E-state index contributed by atoms with van der Waals surface area (Å²) in [5.41, 5.74) is 1.49. The summed E-state index contributed by atoms with van der Waals surface area (Å²) in [6.45, 7) is 0. The third kappa shape index (κ3) is 9.77. The van der Waals surface area contributed by atoms with Crippen LogP contribution in [0.4, 0.5) is 8.78 Å². The number of methoxy groups -OCH3 is 2. The molecule has 2 N–H and O–H groups in total. The largest absolute Gasteiger partial charge is 1.00 e. The number of ether oxygens (including phenoxy) is 2. The summed E-state index contributed by atoms with van der Waals surface area (Å²) < 4.78 is 35.0. The fourth-order valence-corrected chi connectivity index (χ4v) is 5.37. The first kappa shape index (κ1) is 43.4. The number of carbonyl (C=O) groups excluding carboxylic acids is 2. The van der Waals surface area contributed by atoms with Crippen molar-refractivity contribution in [3.05, 3.63) is 141 Å². The van der Waals surface area contributed by atoms with Gasteiger partial charge in [-0.05, 0) is 83.6 Å². The number of pyridine rings is 2. The summed E-state index contributed by atoms with van der Waals surface area (Å²) in [5, 5.41) is 44.0. The molecule has 0 atom stereocenters. The van der Waals surface area contributed by atoms with Crippen LogP contribution in [0.1, 0.15) is 63.7 Å². The zero-order valence-electron chi connectivity index (χ0n) is 29.3. The zero-order valence-corrected chi connectivity index (χ0v) is 33.3. The van der Waals surface area contributed by atoms with Crippen LogP contribution in [-0.4, -0.2) is 58.3 Å². The number of carboxylic acids is 2. The topological polar surface area (TPSA) is 199 Å². The third-order valence-electron chi connectivity index (χ3n) is 7.88. The van der Waals surface area contributed by atoms with Gasteiger partial charge in [-0.25, -0.2) is 28.0 Å². The third-order valence-corrected chi connectivity index (χ3v) is 7.88. The van der Waals surface area contributed by atoms with Gasteiger partial charge in [0.2, 0.25) is 0 Å². The molecule has 54 heavy (non-hydrogen) atoms. The molecule has 0 spiro atoms. The minimum absolute atomic E-state index is 0. The molecule has 0 amide bonds. The van der Waals surface area contributed by atoms with Crippen LogP contribution in [0.5, 0.6) is 11.5 Å². The number of benzene rings is 4. The van der Waals surface area contributed by atoms with Crippen molar-refractivity contribution >= 4 is 45.7 Å². The molecule has 0 unspecified atom stereocenters. The van der Waals surface area contributed by atoms with E-state index in [4.69, 9.17) is 0 Å². The second-order valence-corrected chi connectivity index (χ2v) is 11.3. The summed E-state index contributed by atoms with van der Waals surface area (Å²) in [7, 11) is 2.21. The van der Waals surface area contributed by atoms with Gasteiger partial charge in [-0.2, -0.15) is 0 Å². The van der Waals surface area contributed by atoms with Crippen molar-refractivity contribution < 1.29 is 117 Å². The minimum Gasteiger partial charge on any atom is -0.870 e. The molecule has 0 bridgehead atoms. The predicted octanol–water partition coefficient (Wildman–Crippen LogP) is -0.946. The Hall–Kier alpha value is -4.96. The number of aromatic carboxylic acids is 2. The molecule has 0 saturated heterocycles. The second kappa shape index (κ2) is 18.9. The molecule has 6 rings (SSSR count). The molecule has 2 aromatic heterocycles. The van der Waals surface area contributed by atoms with Gasteiger partial charge in [-0.3, -0.25) is 9.97 Å². The first-order valence-corrected chi connectivity index (χ1v) is 15.2. The van der Waals surface area contributed by atoms with Crippen LogP contribution in [0, 0.1) is 11.6 Å². The molecular formula is C38H26F2N2Na2O10. The van der Waals surface area contributed by atoms with E-state index in [1.807, 2.05) is 0 Å². The van der Waals surface area contributed by atoms with Crippen molar-refractivity contribution in [1.82, 2.24) is 9.97 Å². The SMILES string of the molecule is COC(=O)c1cc(C(=O)O)c2cc(Cc3ccc(F)cc3)cnc2c1[O-].COC(=O)c1cc(C(=O)O)c2cc(Cc3ccc(F)cc3)cnc2c1[O-].[Na+].[Na+]. The fourth-order valence-electron chi connectivity index (χ4n) is 5.37. The van der Waals surface area contributed by atoms with Gasteiger partial charge in [0, 0.05) is 23.2 Å². The van der Waals surface area contributed by atoms with E-state index in [1.165, 1.54) is 48.8 Å². The molecule has 264 valence electrons. The number of hydrogen-bond acceptors (Lipinski definition) is 10. The number of carboxylic acid groups (broad SMARTS) is 2. The molecule has 0 radical (unpaired) electrons. The van der Waals surface area contributed by atoms with Crippen LogP contribution >= 0.6 is 0 Å². The van der Waals surface area contributed by atoms with Gasteiger partial charge >= 0.3 is 83.0 Å². The summed E-state index contributed by atoms with van der Waals surface area (Å²) in [6, 6.07) is 16.8. The molecular weight excluding hydrogens is 728 g/mol. The Morgan fingerprint density at radius 3 is 1.20 bits per heavy atom. The van der Waals surface area contributed by atoms with Crippen molar-refractivity contribution in [2.75, 3.05) is 14.2 Å². The molecule has 0 aliphatic heterocycles. The van der Waals surface area contributed by atoms with Gasteiger partial charge in [-0.15, -0.1) is 0 Å².